The molecule has 0 aliphatic rings. The molecule has 2 aromatic carbocycles. The molecule has 27 heavy (non-hydrogen) atoms. The zero-order chi connectivity index (χ0) is 20.2. The van der Waals surface area contributed by atoms with E-state index in [0.29, 0.717) is 22.2 Å². The van der Waals surface area contributed by atoms with E-state index in [4.69, 9.17) is 27.4 Å². The minimum atomic E-state index is -3.57. The third kappa shape index (κ3) is 5.86. The first-order valence-corrected chi connectivity index (χ1v) is 10.7. The molecule has 2 aromatic rings. The second-order valence-corrected chi connectivity index (χ2v) is 8.93. The number of amides is 1. The van der Waals surface area contributed by atoms with Gasteiger partial charge in [-0.05, 0) is 56.7 Å². The van der Waals surface area contributed by atoms with Crippen molar-refractivity contribution in [3.8, 4) is 5.75 Å². The maximum atomic E-state index is 12.9. The van der Waals surface area contributed by atoms with Crippen LogP contribution in [0.1, 0.15) is 36.7 Å². The van der Waals surface area contributed by atoms with Gasteiger partial charge in [0.2, 0.25) is 0 Å². The van der Waals surface area contributed by atoms with Gasteiger partial charge in [-0.2, -0.15) is 8.42 Å². The number of carbonyl (C=O) groups is 1. The van der Waals surface area contributed by atoms with Crippen molar-refractivity contribution >= 4 is 39.2 Å². The van der Waals surface area contributed by atoms with Crippen LogP contribution < -0.4 is 4.18 Å². The Morgan fingerprint density at radius 2 is 1.74 bits per heavy atom. The molecule has 1 amide bonds. The van der Waals surface area contributed by atoms with Gasteiger partial charge in [-0.3, -0.25) is 4.79 Å². The van der Waals surface area contributed by atoms with E-state index in [-0.39, 0.29) is 23.5 Å². The predicted molar refractivity (Wildman–Crippen MR) is 108 cm³/mol. The Morgan fingerprint density at radius 3 is 2.26 bits per heavy atom. The van der Waals surface area contributed by atoms with Gasteiger partial charge in [-0.15, -0.1) is 0 Å². The molecule has 0 aromatic heterocycles. The van der Waals surface area contributed by atoms with Gasteiger partial charge in [0.25, 0.3) is 5.91 Å². The van der Waals surface area contributed by atoms with E-state index < -0.39 is 10.1 Å². The molecule has 0 N–H and O–H groups in total. The van der Waals surface area contributed by atoms with E-state index in [0.717, 1.165) is 5.56 Å². The Bertz CT molecular complexity index is 912. The van der Waals surface area contributed by atoms with Crippen LogP contribution in [0.4, 0.5) is 0 Å². The minimum Gasteiger partial charge on any atom is -0.382 e. The normalized spacial score (nSPS) is 11.5. The summed E-state index contributed by atoms with van der Waals surface area (Å²) in [6.07, 6.45) is 0. The second-order valence-electron chi connectivity index (χ2n) is 6.22. The Labute approximate surface area is 170 Å². The molecule has 146 valence electrons. The van der Waals surface area contributed by atoms with E-state index in [9.17, 15) is 13.2 Å². The standard InChI is InChI=1S/C19H21Cl2NO4S/c1-4-27(24,25)26-16-8-5-14(6-9-16)12-22(13(2)3)19(23)17-10-7-15(20)11-18(17)21/h5-11,13H,4,12H2,1-3H3. The van der Waals surface area contributed by atoms with Crippen molar-refractivity contribution in [2.24, 2.45) is 0 Å². The molecule has 0 heterocycles. The summed E-state index contributed by atoms with van der Waals surface area (Å²) in [4.78, 5) is 14.6. The molecular formula is C19H21Cl2NO4S. The summed E-state index contributed by atoms with van der Waals surface area (Å²) in [5.74, 6) is -0.0731. The van der Waals surface area contributed by atoms with Crippen LogP contribution in [-0.4, -0.2) is 31.0 Å². The highest BCUT2D eigenvalue weighted by molar-refractivity contribution is 7.87. The summed E-state index contributed by atoms with van der Waals surface area (Å²) >= 11 is 12.1. The highest BCUT2D eigenvalue weighted by atomic mass is 35.5. The van der Waals surface area contributed by atoms with Gasteiger partial charge >= 0.3 is 10.1 Å². The van der Waals surface area contributed by atoms with E-state index >= 15 is 0 Å². The zero-order valence-electron chi connectivity index (χ0n) is 15.3. The summed E-state index contributed by atoms with van der Waals surface area (Å²) in [5.41, 5.74) is 1.21. The highest BCUT2D eigenvalue weighted by Gasteiger charge is 2.21. The molecule has 0 unspecified atom stereocenters. The van der Waals surface area contributed by atoms with E-state index in [2.05, 4.69) is 0 Å². The smallest absolute Gasteiger partial charge is 0.308 e. The van der Waals surface area contributed by atoms with Gasteiger partial charge in [0.15, 0.2) is 0 Å². The van der Waals surface area contributed by atoms with Gasteiger partial charge < -0.3 is 9.08 Å². The number of hydrogen-bond acceptors (Lipinski definition) is 4. The Hall–Kier alpha value is -1.76. The first kappa shape index (κ1) is 21.5. The highest BCUT2D eigenvalue weighted by Crippen LogP contribution is 2.24. The molecule has 0 fully saturated rings. The van der Waals surface area contributed by atoms with Crippen LogP contribution in [0.15, 0.2) is 42.5 Å². The summed E-state index contributed by atoms with van der Waals surface area (Å²) in [6.45, 7) is 5.67. The van der Waals surface area contributed by atoms with E-state index in [1.165, 1.54) is 13.0 Å². The van der Waals surface area contributed by atoms with Gasteiger partial charge in [0.1, 0.15) is 5.75 Å². The lowest BCUT2D eigenvalue weighted by molar-refractivity contribution is 0.0690. The maximum Gasteiger partial charge on any atom is 0.308 e. The van der Waals surface area contributed by atoms with Crippen LogP contribution in [0, 0.1) is 0 Å². The lowest BCUT2D eigenvalue weighted by Gasteiger charge is -2.27. The van der Waals surface area contributed by atoms with Crippen molar-refractivity contribution in [3.05, 3.63) is 63.6 Å². The van der Waals surface area contributed by atoms with Crippen LogP contribution >= 0.6 is 23.2 Å². The van der Waals surface area contributed by atoms with Crippen molar-refractivity contribution < 1.29 is 17.4 Å². The average molecular weight is 430 g/mol. The van der Waals surface area contributed by atoms with Crippen LogP contribution in [0.5, 0.6) is 5.75 Å². The first-order chi connectivity index (χ1) is 12.6. The molecule has 0 atom stereocenters. The van der Waals surface area contributed by atoms with Crippen LogP contribution in [0.2, 0.25) is 10.0 Å². The average Bonchev–Trinajstić information content (AvgIpc) is 2.60. The number of halogens is 2. The SMILES string of the molecule is CCS(=O)(=O)Oc1ccc(CN(C(=O)c2ccc(Cl)cc2Cl)C(C)C)cc1. The number of hydrogen-bond donors (Lipinski definition) is 0. The zero-order valence-corrected chi connectivity index (χ0v) is 17.6. The molecule has 0 saturated carbocycles. The summed E-state index contributed by atoms with van der Waals surface area (Å²) in [6, 6.07) is 11.3. The summed E-state index contributed by atoms with van der Waals surface area (Å²) in [7, 11) is -3.57. The van der Waals surface area contributed by atoms with Crippen molar-refractivity contribution in [1.29, 1.82) is 0 Å². The second kappa shape index (κ2) is 8.95. The molecule has 0 radical (unpaired) electrons. The predicted octanol–water partition coefficient (Wildman–Crippen LogP) is 4.77. The molecule has 0 aliphatic carbocycles. The molecule has 8 heteroatoms. The molecular weight excluding hydrogens is 409 g/mol. The van der Waals surface area contributed by atoms with E-state index in [1.54, 1.807) is 41.3 Å². The lowest BCUT2D eigenvalue weighted by atomic mass is 10.1. The monoisotopic (exact) mass is 429 g/mol. The molecule has 0 spiro atoms. The number of carbonyl (C=O) groups excluding carboxylic acids is 1. The maximum absolute atomic E-state index is 12.9. The Balaban J connectivity index is 2.20. The van der Waals surface area contributed by atoms with Crippen molar-refractivity contribution in [1.82, 2.24) is 4.90 Å². The molecule has 5 nitrogen and oxygen atoms in total. The van der Waals surface area contributed by atoms with Crippen molar-refractivity contribution in [2.45, 2.75) is 33.4 Å². The molecule has 0 aliphatic heterocycles. The number of nitrogens with zero attached hydrogens (tertiary/aromatic N) is 1. The summed E-state index contributed by atoms with van der Waals surface area (Å²) < 4.78 is 28.0. The van der Waals surface area contributed by atoms with Crippen LogP contribution in [0.3, 0.4) is 0 Å². The molecule has 0 saturated heterocycles. The van der Waals surface area contributed by atoms with E-state index in [1.807, 2.05) is 13.8 Å². The largest absolute Gasteiger partial charge is 0.382 e. The summed E-state index contributed by atoms with van der Waals surface area (Å²) in [5, 5.41) is 0.761. The quantitative estimate of drug-likeness (QED) is 0.594. The fourth-order valence-electron chi connectivity index (χ4n) is 2.36. The Morgan fingerprint density at radius 1 is 1.11 bits per heavy atom. The van der Waals surface area contributed by atoms with Crippen molar-refractivity contribution in [3.63, 3.8) is 0 Å². The van der Waals surface area contributed by atoms with Crippen LogP contribution in [-0.2, 0) is 16.7 Å². The third-order valence-corrected chi connectivity index (χ3v) is 5.60. The molecule has 0 bridgehead atoms. The van der Waals surface area contributed by atoms with Crippen LogP contribution in [0.25, 0.3) is 0 Å². The van der Waals surface area contributed by atoms with Gasteiger partial charge in [-0.25, -0.2) is 0 Å². The third-order valence-electron chi connectivity index (χ3n) is 3.90. The lowest BCUT2D eigenvalue weighted by Crippen LogP contribution is -2.36. The number of rotatable bonds is 7. The fraction of sp³-hybridized carbons (Fsp3) is 0.316. The van der Waals surface area contributed by atoms with Gasteiger partial charge in [0.05, 0.1) is 16.3 Å². The molecule has 2 rings (SSSR count). The first-order valence-electron chi connectivity index (χ1n) is 8.40. The Kier molecular flexibility index (Phi) is 7.14. The minimum absolute atomic E-state index is 0.0689. The number of benzene rings is 2. The van der Waals surface area contributed by atoms with Gasteiger partial charge in [-0.1, -0.05) is 35.3 Å². The van der Waals surface area contributed by atoms with Gasteiger partial charge in [0, 0.05) is 17.6 Å². The van der Waals surface area contributed by atoms with Crippen molar-refractivity contribution in [2.75, 3.05) is 5.75 Å². The fourth-order valence-corrected chi connectivity index (χ4v) is 3.37. The topological polar surface area (TPSA) is 63.7 Å².